The smallest absolute Gasteiger partial charge is 0.182 e. The minimum atomic E-state index is 0.478. The maximum absolute atomic E-state index is 5.89. The van der Waals surface area contributed by atoms with Crippen LogP contribution in [0.3, 0.4) is 0 Å². The SMILES string of the molecule is Cc1c(N)cccc1-c1nnnn1C1CC1. The number of aromatic nitrogens is 4. The molecule has 3 rings (SSSR count). The Morgan fingerprint density at radius 2 is 2.19 bits per heavy atom. The number of nitrogens with zero attached hydrogens (tertiary/aromatic N) is 4. The number of nitrogens with two attached hydrogens (primary N) is 1. The van der Waals surface area contributed by atoms with E-state index in [4.69, 9.17) is 5.73 Å². The van der Waals surface area contributed by atoms with Crippen molar-refractivity contribution in [3.63, 3.8) is 0 Å². The lowest BCUT2D eigenvalue weighted by Crippen LogP contribution is -2.01. The van der Waals surface area contributed by atoms with Gasteiger partial charge in [0.15, 0.2) is 5.82 Å². The second-order valence-corrected chi connectivity index (χ2v) is 4.20. The van der Waals surface area contributed by atoms with E-state index in [1.165, 1.54) is 12.8 Å². The zero-order chi connectivity index (χ0) is 11.1. The number of hydrogen-bond acceptors (Lipinski definition) is 4. The van der Waals surface area contributed by atoms with Gasteiger partial charge in [0.25, 0.3) is 0 Å². The Kier molecular flexibility index (Phi) is 1.92. The Bertz CT molecular complexity index is 527. The number of benzene rings is 1. The predicted molar refractivity (Wildman–Crippen MR) is 60.7 cm³/mol. The molecule has 1 aliphatic rings. The van der Waals surface area contributed by atoms with Crippen LogP contribution in [0.5, 0.6) is 0 Å². The minimum Gasteiger partial charge on any atom is -0.398 e. The molecule has 1 saturated carbocycles. The van der Waals surface area contributed by atoms with Gasteiger partial charge in [0.1, 0.15) is 0 Å². The summed E-state index contributed by atoms with van der Waals surface area (Å²) in [6, 6.07) is 6.31. The van der Waals surface area contributed by atoms with Crippen LogP contribution in [0.25, 0.3) is 11.4 Å². The molecule has 0 unspecified atom stereocenters. The summed E-state index contributed by atoms with van der Waals surface area (Å²) in [4.78, 5) is 0. The third-order valence-electron chi connectivity index (χ3n) is 3.00. The first-order valence-electron chi connectivity index (χ1n) is 5.40. The highest BCUT2D eigenvalue weighted by molar-refractivity contribution is 5.67. The fraction of sp³-hybridized carbons (Fsp3) is 0.364. The summed E-state index contributed by atoms with van der Waals surface area (Å²) >= 11 is 0. The van der Waals surface area contributed by atoms with Gasteiger partial charge < -0.3 is 5.73 Å². The molecule has 1 aliphatic carbocycles. The summed E-state index contributed by atoms with van der Waals surface area (Å²) in [5.41, 5.74) is 8.74. The summed E-state index contributed by atoms with van der Waals surface area (Å²) in [6.45, 7) is 2.00. The van der Waals surface area contributed by atoms with Crippen molar-refractivity contribution in [1.29, 1.82) is 0 Å². The average Bonchev–Trinajstić information content (AvgIpc) is 3.01. The van der Waals surface area contributed by atoms with Gasteiger partial charge in [0.05, 0.1) is 6.04 Å². The molecule has 0 aliphatic heterocycles. The van der Waals surface area contributed by atoms with E-state index in [2.05, 4.69) is 15.5 Å². The van der Waals surface area contributed by atoms with Crippen molar-refractivity contribution in [1.82, 2.24) is 20.2 Å². The number of nitrogen functional groups attached to an aromatic ring is 1. The van der Waals surface area contributed by atoms with Crippen LogP contribution in [0, 0.1) is 6.92 Å². The van der Waals surface area contributed by atoms with Gasteiger partial charge in [-0.15, -0.1) is 5.10 Å². The van der Waals surface area contributed by atoms with E-state index in [0.29, 0.717) is 6.04 Å². The molecule has 5 nitrogen and oxygen atoms in total. The Morgan fingerprint density at radius 1 is 1.38 bits per heavy atom. The standard InChI is InChI=1S/C11H13N5/c1-7-9(3-2-4-10(7)12)11-13-14-15-16(11)8-5-6-8/h2-4,8H,5-6,12H2,1H3. The molecule has 0 amide bonds. The van der Waals surface area contributed by atoms with Gasteiger partial charge in [-0.25, -0.2) is 4.68 Å². The molecule has 1 heterocycles. The summed E-state index contributed by atoms with van der Waals surface area (Å²) < 4.78 is 1.90. The molecule has 82 valence electrons. The van der Waals surface area contributed by atoms with Gasteiger partial charge in [-0.1, -0.05) is 12.1 Å². The van der Waals surface area contributed by atoms with Crippen LogP contribution >= 0.6 is 0 Å². The fourth-order valence-corrected chi connectivity index (χ4v) is 1.83. The van der Waals surface area contributed by atoms with Gasteiger partial charge in [0, 0.05) is 11.3 Å². The summed E-state index contributed by atoms with van der Waals surface area (Å²) in [7, 11) is 0. The van der Waals surface area contributed by atoms with E-state index >= 15 is 0 Å². The van der Waals surface area contributed by atoms with Crippen molar-refractivity contribution >= 4 is 5.69 Å². The van der Waals surface area contributed by atoms with Gasteiger partial charge in [-0.3, -0.25) is 0 Å². The molecule has 5 heteroatoms. The second kappa shape index (κ2) is 3.30. The van der Waals surface area contributed by atoms with E-state index in [0.717, 1.165) is 22.6 Å². The maximum Gasteiger partial charge on any atom is 0.182 e. The van der Waals surface area contributed by atoms with Crippen molar-refractivity contribution < 1.29 is 0 Å². The van der Waals surface area contributed by atoms with E-state index in [-0.39, 0.29) is 0 Å². The van der Waals surface area contributed by atoms with Gasteiger partial charge >= 0.3 is 0 Å². The van der Waals surface area contributed by atoms with E-state index in [9.17, 15) is 0 Å². The molecule has 1 aromatic heterocycles. The summed E-state index contributed by atoms with van der Waals surface area (Å²) in [6.07, 6.45) is 2.33. The Morgan fingerprint density at radius 3 is 2.94 bits per heavy atom. The van der Waals surface area contributed by atoms with Gasteiger partial charge in [-0.2, -0.15) is 0 Å². The highest BCUT2D eigenvalue weighted by Gasteiger charge is 2.28. The van der Waals surface area contributed by atoms with Crippen LogP contribution in [0.15, 0.2) is 18.2 Å². The normalized spacial score (nSPS) is 15.3. The lowest BCUT2D eigenvalue weighted by molar-refractivity contribution is 0.615. The number of tetrazole rings is 1. The number of anilines is 1. The predicted octanol–water partition coefficient (Wildman–Crippen LogP) is 1.57. The molecule has 1 fully saturated rings. The first kappa shape index (κ1) is 9.33. The maximum atomic E-state index is 5.89. The van der Waals surface area contributed by atoms with Crippen LogP contribution in [0.4, 0.5) is 5.69 Å². The van der Waals surface area contributed by atoms with Crippen LogP contribution in [0.2, 0.25) is 0 Å². The molecule has 2 aromatic rings. The molecule has 0 spiro atoms. The monoisotopic (exact) mass is 215 g/mol. The van der Waals surface area contributed by atoms with Crippen molar-refractivity contribution in [3.05, 3.63) is 23.8 Å². The van der Waals surface area contributed by atoms with E-state index in [1.54, 1.807) is 0 Å². The van der Waals surface area contributed by atoms with Crippen molar-refractivity contribution in [3.8, 4) is 11.4 Å². The summed E-state index contributed by atoms with van der Waals surface area (Å²) in [5, 5.41) is 11.9. The first-order valence-corrected chi connectivity index (χ1v) is 5.40. The third-order valence-corrected chi connectivity index (χ3v) is 3.00. The van der Waals surface area contributed by atoms with E-state index in [1.807, 2.05) is 29.8 Å². The van der Waals surface area contributed by atoms with Crippen molar-refractivity contribution in [2.24, 2.45) is 0 Å². The first-order chi connectivity index (χ1) is 7.77. The molecule has 0 atom stereocenters. The lowest BCUT2D eigenvalue weighted by Gasteiger charge is -2.07. The zero-order valence-electron chi connectivity index (χ0n) is 9.09. The molecular weight excluding hydrogens is 202 g/mol. The Balaban J connectivity index is 2.14. The lowest BCUT2D eigenvalue weighted by atomic mass is 10.1. The minimum absolute atomic E-state index is 0.478. The highest BCUT2D eigenvalue weighted by Crippen LogP contribution is 2.37. The molecule has 0 radical (unpaired) electrons. The van der Waals surface area contributed by atoms with Crippen molar-refractivity contribution in [2.45, 2.75) is 25.8 Å². The summed E-state index contributed by atoms with van der Waals surface area (Å²) in [5.74, 6) is 0.826. The number of rotatable bonds is 2. The molecule has 16 heavy (non-hydrogen) atoms. The third kappa shape index (κ3) is 1.36. The zero-order valence-corrected chi connectivity index (χ0v) is 9.09. The van der Waals surface area contributed by atoms with Crippen LogP contribution in [-0.4, -0.2) is 20.2 Å². The van der Waals surface area contributed by atoms with E-state index < -0.39 is 0 Å². The van der Waals surface area contributed by atoms with Crippen LogP contribution in [-0.2, 0) is 0 Å². The molecule has 0 bridgehead atoms. The van der Waals surface area contributed by atoms with Crippen molar-refractivity contribution in [2.75, 3.05) is 5.73 Å². The van der Waals surface area contributed by atoms with Gasteiger partial charge in [0.2, 0.25) is 0 Å². The molecular formula is C11H13N5. The largest absolute Gasteiger partial charge is 0.398 e. The molecule has 1 aromatic carbocycles. The second-order valence-electron chi connectivity index (χ2n) is 4.20. The van der Waals surface area contributed by atoms with Gasteiger partial charge in [-0.05, 0) is 41.8 Å². The number of hydrogen-bond donors (Lipinski definition) is 1. The van der Waals surface area contributed by atoms with Crippen LogP contribution < -0.4 is 5.73 Å². The Hall–Kier alpha value is -1.91. The molecule has 2 N–H and O–H groups in total. The topological polar surface area (TPSA) is 69.6 Å². The highest BCUT2D eigenvalue weighted by atomic mass is 15.6. The quantitative estimate of drug-likeness (QED) is 0.772. The fourth-order valence-electron chi connectivity index (χ4n) is 1.83. The van der Waals surface area contributed by atoms with Crippen LogP contribution in [0.1, 0.15) is 24.4 Å². The average molecular weight is 215 g/mol. The molecule has 0 saturated heterocycles. The Labute approximate surface area is 93.3 Å².